The Morgan fingerprint density at radius 2 is 1.55 bits per heavy atom. The van der Waals surface area contributed by atoms with Crippen molar-refractivity contribution >= 4 is 27.5 Å². The van der Waals surface area contributed by atoms with Crippen LogP contribution in [0.4, 0.5) is 5.69 Å². The SMILES string of the molecule is Cc1ccc(S(=O)(=O)N(CC(=O)Nc2ccc(CC(N)=O)cc2)Cc2cccc(C)c2)cc1. The molecule has 3 rings (SSSR count). The Balaban J connectivity index is 1.82. The Morgan fingerprint density at radius 1 is 0.879 bits per heavy atom. The first-order valence-corrected chi connectivity index (χ1v) is 11.9. The fraction of sp³-hybridized carbons (Fsp3) is 0.200. The second kappa shape index (κ2) is 10.4. The van der Waals surface area contributed by atoms with Gasteiger partial charge in [-0.2, -0.15) is 4.31 Å². The highest BCUT2D eigenvalue weighted by molar-refractivity contribution is 7.89. The van der Waals surface area contributed by atoms with Gasteiger partial charge < -0.3 is 11.1 Å². The summed E-state index contributed by atoms with van der Waals surface area (Å²) in [6, 6.07) is 20.7. The third-order valence-corrected chi connectivity index (χ3v) is 6.84. The predicted molar refractivity (Wildman–Crippen MR) is 128 cm³/mol. The molecule has 0 bridgehead atoms. The molecule has 0 atom stereocenters. The average Bonchev–Trinajstić information content (AvgIpc) is 2.74. The number of sulfonamides is 1. The first-order chi connectivity index (χ1) is 15.6. The van der Waals surface area contributed by atoms with E-state index in [4.69, 9.17) is 5.73 Å². The zero-order valence-corrected chi connectivity index (χ0v) is 19.4. The predicted octanol–water partition coefficient (Wildman–Crippen LogP) is 3.16. The average molecular weight is 466 g/mol. The van der Waals surface area contributed by atoms with Gasteiger partial charge in [-0.1, -0.05) is 59.7 Å². The monoisotopic (exact) mass is 465 g/mol. The molecule has 33 heavy (non-hydrogen) atoms. The summed E-state index contributed by atoms with van der Waals surface area (Å²) in [6.07, 6.45) is 0.104. The summed E-state index contributed by atoms with van der Waals surface area (Å²) >= 11 is 0. The van der Waals surface area contributed by atoms with Crippen LogP contribution in [0.15, 0.2) is 77.7 Å². The van der Waals surface area contributed by atoms with Crippen molar-refractivity contribution in [3.05, 3.63) is 95.1 Å². The van der Waals surface area contributed by atoms with E-state index in [0.29, 0.717) is 5.69 Å². The minimum absolute atomic E-state index is 0.0584. The van der Waals surface area contributed by atoms with E-state index in [1.54, 1.807) is 48.5 Å². The summed E-state index contributed by atoms with van der Waals surface area (Å²) in [6.45, 7) is 3.51. The van der Waals surface area contributed by atoms with Crippen molar-refractivity contribution in [3.8, 4) is 0 Å². The second-order valence-electron chi connectivity index (χ2n) is 7.96. The summed E-state index contributed by atoms with van der Waals surface area (Å²) in [4.78, 5) is 24.0. The molecule has 2 amide bonds. The zero-order chi connectivity index (χ0) is 24.0. The minimum Gasteiger partial charge on any atom is -0.369 e. The number of amides is 2. The van der Waals surface area contributed by atoms with E-state index >= 15 is 0 Å². The van der Waals surface area contributed by atoms with Gasteiger partial charge in [-0.05, 0) is 49.2 Å². The molecule has 0 unspecified atom stereocenters. The normalized spacial score (nSPS) is 11.4. The van der Waals surface area contributed by atoms with Crippen LogP contribution in [0.5, 0.6) is 0 Å². The molecular weight excluding hydrogens is 438 g/mol. The molecule has 0 saturated carbocycles. The summed E-state index contributed by atoms with van der Waals surface area (Å²) in [5, 5.41) is 2.72. The van der Waals surface area contributed by atoms with Crippen molar-refractivity contribution in [2.75, 3.05) is 11.9 Å². The molecule has 0 radical (unpaired) electrons. The Morgan fingerprint density at radius 3 is 2.15 bits per heavy atom. The fourth-order valence-electron chi connectivity index (χ4n) is 3.37. The quantitative estimate of drug-likeness (QED) is 0.506. The maximum Gasteiger partial charge on any atom is 0.243 e. The summed E-state index contributed by atoms with van der Waals surface area (Å²) in [5.41, 5.74) is 9.15. The van der Waals surface area contributed by atoms with Gasteiger partial charge in [-0.25, -0.2) is 8.42 Å². The van der Waals surface area contributed by atoms with E-state index in [-0.39, 0.29) is 24.4 Å². The number of carbonyl (C=O) groups excluding carboxylic acids is 2. The van der Waals surface area contributed by atoms with E-state index in [0.717, 1.165) is 22.3 Å². The van der Waals surface area contributed by atoms with Crippen LogP contribution in [0.1, 0.15) is 22.3 Å². The smallest absolute Gasteiger partial charge is 0.243 e. The van der Waals surface area contributed by atoms with Gasteiger partial charge in [0.2, 0.25) is 21.8 Å². The molecule has 8 heteroatoms. The Bertz CT molecular complexity index is 1240. The largest absolute Gasteiger partial charge is 0.369 e. The number of anilines is 1. The van der Waals surface area contributed by atoms with Gasteiger partial charge in [0.15, 0.2) is 0 Å². The number of hydrogen-bond acceptors (Lipinski definition) is 4. The van der Waals surface area contributed by atoms with Crippen LogP contribution in [0, 0.1) is 13.8 Å². The third-order valence-electron chi connectivity index (χ3n) is 5.04. The first kappa shape index (κ1) is 24.2. The van der Waals surface area contributed by atoms with Crippen molar-refractivity contribution in [3.63, 3.8) is 0 Å². The van der Waals surface area contributed by atoms with Gasteiger partial charge in [-0.15, -0.1) is 0 Å². The van der Waals surface area contributed by atoms with Crippen LogP contribution in [-0.4, -0.2) is 31.1 Å². The first-order valence-electron chi connectivity index (χ1n) is 10.4. The van der Waals surface area contributed by atoms with Crippen LogP contribution in [0.25, 0.3) is 0 Å². The Labute approximate surface area is 194 Å². The summed E-state index contributed by atoms with van der Waals surface area (Å²) in [7, 11) is -3.92. The van der Waals surface area contributed by atoms with E-state index in [1.165, 1.54) is 4.31 Å². The molecule has 0 aromatic heterocycles. The number of nitrogens with two attached hydrogens (primary N) is 1. The maximum atomic E-state index is 13.4. The van der Waals surface area contributed by atoms with Gasteiger partial charge in [0.1, 0.15) is 0 Å². The van der Waals surface area contributed by atoms with Gasteiger partial charge in [0.25, 0.3) is 0 Å². The molecule has 3 aromatic rings. The van der Waals surface area contributed by atoms with E-state index < -0.39 is 21.8 Å². The number of benzene rings is 3. The lowest BCUT2D eigenvalue weighted by atomic mass is 10.1. The van der Waals surface area contributed by atoms with Gasteiger partial charge >= 0.3 is 0 Å². The number of primary amides is 1. The fourth-order valence-corrected chi connectivity index (χ4v) is 4.75. The highest BCUT2D eigenvalue weighted by Crippen LogP contribution is 2.20. The molecule has 0 spiro atoms. The molecular formula is C25H27N3O4S. The lowest BCUT2D eigenvalue weighted by molar-refractivity contribution is -0.117. The van der Waals surface area contributed by atoms with Crippen molar-refractivity contribution in [1.29, 1.82) is 0 Å². The third kappa shape index (κ3) is 6.74. The molecule has 3 aromatic carbocycles. The maximum absolute atomic E-state index is 13.4. The molecule has 0 aliphatic heterocycles. The van der Waals surface area contributed by atoms with Crippen molar-refractivity contribution < 1.29 is 18.0 Å². The standard InChI is InChI=1S/C25H27N3O4S/c1-18-6-12-23(13-7-18)33(31,32)28(16-21-5-3-4-19(2)14-21)17-25(30)27-22-10-8-20(9-11-22)15-24(26)29/h3-14H,15-17H2,1-2H3,(H2,26,29)(H,27,30). The molecule has 3 N–H and O–H groups in total. The number of nitrogens with one attached hydrogen (secondary N) is 1. The highest BCUT2D eigenvalue weighted by Gasteiger charge is 2.27. The van der Waals surface area contributed by atoms with Crippen LogP contribution in [0.2, 0.25) is 0 Å². The Kier molecular flexibility index (Phi) is 7.63. The number of nitrogens with zero attached hydrogens (tertiary/aromatic N) is 1. The number of rotatable bonds is 9. The summed E-state index contributed by atoms with van der Waals surface area (Å²) in [5.74, 6) is -0.916. The van der Waals surface area contributed by atoms with E-state index in [2.05, 4.69) is 5.32 Å². The molecule has 172 valence electrons. The highest BCUT2D eigenvalue weighted by atomic mass is 32.2. The molecule has 7 nitrogen and oxygen atoms in total. The van der Waals surface area contributed by atoms with Gasteiger partial charge in [-0.3, -0.25) is 9.59 Å². The Hall–Kier alpha value is -3.49. The zero-order valence-electron chi connectivity index (χ0n) is 18.6. The lowest BCUT2D eigenvalue weighted by Gasteiger charge is -2.22. The summed E-state index contributed by atoms with van der Waals surface area (Å²) < 4.78 is 27.9. The van der Waals surface area contributed by atoms with Crippen molar-refractivity contribution in [2.45, 2.75) is 31.7 Å². The van der Waals surface area contributed by atoms with Crippen LogP contribution >= 0.6 is 0 Å². The molecule has 0 aliphatic carbocycles. The topological polar surface area (TPSA) is 110 Å². The number of carbonyl (C=O) groups is 2. The number of aryl methyl sites for hydroxylation is 2. The molecule has 0 saturated heterocycles. The van der Waals surface area contributed by atoms with E-state index in [9.17, 15) is 18.0 Å². The second-order valence-corrected chi connectivity index (χ2v) is 9.90. The molecule has 0 fully saturated rings. The number of hydrogen-bond donors (Lipinski definition) is 2. The van der Waals surface area contributed by atoms with Crippen LogP contribution < -0.4 is 11.1 Å². The van der Waals surface area contributed by atoms with Crippen LogP contribution in [0.3, 0.4) is 0 Å². The van der Waals surface area contributed by atoms with Crippen LogP contribution in [-0.2, 0) is 32.6 Å². The van der Waals surface area contributed by atoms with Gasteiger partial charge in [0, 0.05) is 12.2 Å². The molecule has 0 heterocycles. The molecule has 0 aliphatic rings. The van der Waals surface area contributed by atoms with E-state index in [1.807, 2.05) is 38.1 Å². The van der Waals surface area contributed by atoms with Crippen molar-refractivity contribution in [1.82, 2.24) is 4.31 Å². The van der Waals surface area contributed by atoms with Crippen molar-refractivity contribution in [2.24, 2.45) is 5.73 Å². The lowest BCUT2D eigenvalue weighted by Crippen LogP contribution is -2.37. The minimum atomic E-state index is -3.92. The van der Waals surface area contributed by atoms with Gasteiger partial charge in [0.05, 0.1) is 17.9 Å².